The van der Waals surface area contributed by atoms with Crippen molar-refractivity contribution in [2.45, 2.75) is 26.9 Å². The van der Waals surface area contributed by atoms with E-state index in [1.807, 2.05) is 31.2 Å². The van der Waals surface area contributed by atoms with E-state index in [0.29, 0.717) is 41.7 Å². The van der Waals surface area contributed by atoms with Gasteiger partial charge in [-0.05, 0) is 55.3 Å². The second-order valence-electron chi connectivity index (χ2n) is 8.67. The minimum Gasteiger partial charge on any atom is -0.497 e. The largest absolute Gasteiger partial charge is 0.497 e. The molecule has 6 heteroatoms. The molecule has 174 valence electrons. The summed E-state index contributed by atoms with van der Waals surface area (Å²) in [6.45, 7) is 5.86. The van der Waals surface area contributed by atoms with Crippen LogP contribution in [0, 0.1) is 13.8 Å². The van der Waals surface area contributed by atoms with Gasteiger partial charge in [-0.3, -0.25) is 9.69 Å². The molecule has 5 rings (SSSR count). The highest BCUT2D eigenvalue weighted by atomic mass is 16.5. The van der Waals surface area contributed by atoms with E-state index in [0.717, 1.165) is 23.4 Å². The van der Waals surface area contributed by atoms with Crippen molar-refractivity contribution in [3.63, 3.8) is 0 Å². The van der Waals surface area contributed by atoms with Gasteiger partial charge in [-0.15, -0.1) is 0 Å². The van der Waals surface area contributed by atoms with E-state index in [1.54, 1.807) is 20.3 Å². The van der Waals surface area contributed by atoms with Crippen LogP contribution in [0.4, 0.5) is 0 Å². The van der Waals surface area contributed by atoms with E-state index in [4.69, 9.17) is 18.9 Å². The van der Waals surface area contributed by atoms with Crippen molar-refractivity contribution in [1.29, 1.82) is 0 Å². The van der Waals surface area contributed by atoms with Crippen LogP contribution < -0.4 is 18.9 Å². The molecule has 0 aromatic heterocycles. The Bertz CT molecular complexity index is 1290. The van der Waals surface area contributed by atoms with Crippen molar-refractivity contribution in [1.82, 2.24) is 4.90 Å². The van der Waals surface area contributed by atoms with Gasteiger partial charge < -0.3 is 18.9 Å². The van der Waals surface area contributed by atoms with Crippen LogP contribution in [0.2, 0.25) is 0 Å². The fourth-order valence-corrected chi connectivity index (χ4v) is 4.42. The molecular weight excluding hydrogens is 430 g/mol. The number of hydrogen-bond acceptors (Lipinski definition) is 6. The van der Waals surface area contributed by atoms with Crippen LogP contribution in [0.5, 0.6) is 23.0 Å². The highest BCUT2D eigenvalue weighted by Gasteiger charge is 2.35. The maximum Gasteiger partial charge on any atom is 0.232 e. The molecule has 0 atom stereocenters. The number of ketones is 1. The fourth-order valence-electron chi connectivity index (χ4n) is 4.42. The smallest absolute Gasteiger partial charge is 0.232 e. The van der Waals surface area contributed by atoms with Gasteiger partial charge in [0.05, 0.1) is 25.3 Å². The molecule has 3 aromatic rings. The molecule has 0 radical (unpaired) electrons. The van der Waals surface area contributed by atoms with Gasteiger partial charge in [0.1, 0.15) is 29.7 Å². The first-order valence-electron chi connectivity index (χ1n) is 11.2. The number of carbonyl (C=O) groups is 1. The molecule has 0 spiro atoms. The van der Waals surface area contributed by atoms with Gasteiger partial charge in [-0.2, -0.15) is 0 Å². The van der Waals surface area contributed by atoms with Crippen LogP contribution in [0.1, 0.15) is 38.2 Å². The minimum absolute atomic E-state index is 0.143. The Morgan fingerprint density at radius 1 is 1.03 bits per heavy atom. The molecule has 2 aliphatic heterocycles. The van der Waals surface area contributed by atoms with Crippen molar-refractivity contribution < 1.29 is 23.7 Å². The summed E-state index contributed by atoms with van der Waals surface area (Å²) in [7, 11) is 3.19. The monoisotopic (exact) mass is 457 g/mol. The van der Waals surface area contributed by atoms with E-state index in [2.05, 4.69) is 36.1 Å². The highest BCUT2D eigenvalue weighted by molar-refractivity contribution is 6.16. The zero-order valence-electron chi connectivity index (χ0n) is 19.8. The van der Waals surface area contributed by atoms with Gasteiger partial charge in [-0.25, -0.2) is 0 Å². The number of fused-ring (bicyclic) bond motifs is 3. The average molecular weight is 458 g/mol. The second kappa shape index (κ2) is 8.88. The predicted octanol–water partition coefficient (Wildman–Crippen LogP) is 5.29. The van der Waals surface area contributed by atoms with Crippen molar-refractivity contribution >= 4 is 11.9 Å². The summed E-state index contributed by atoms with van der Waals surface area (Å²) >= 11 is 0. The summed E-state index contributed by atoms with van der Waals surface area (Å²) in [6.07, 6.45) is 1.71. The number of benzene rings is 3. The predicted molar refractivity (Wildman–Crippen MR) is 130 cm³/mol. The number of aryl methyl sites for hydroxylation is 2. The van der Waals surface area contributed by atoms with Gasteiger partial charge in [0.25, 0.3) is 0 Å². The number of ether oxygens (including phenoxy) is 4. The van der Waals surface area contributed by atoms with Crippen LogP contribution in [0.15, 0.2) is 54.3 Å². The van der Waals surface area contributed by atoms with Gasteiger partial charge in [0.2, 0.25) is 5.78 Å². The quantitative estimate of drug-likeness (QED) is 0.486. The van der Waals surface area contributed by atoms with Crippen molar-refractivity contribution in [3.05, 3.63) is 87.7 Å². The summed E-state index contributed by atoms with van der Waals surface area (Å²) in [6, 6.07) is 15.9. The molecule has 0 N–H and O–H groups in total. The van der Waals surface area contributed by atoms with Gasteiger partial charge in [-0.1, -0.05) is 29.8 Å². The molecule has 2 aliphatic rings. The van der Waals surface area contributed by atoms with Crippen molar-refractivity contribution in [3.8, 4) is 23.0 Å². The van der Waals surface area contributed by atoms with Crippen LogP contribution in [-0.4, -0.2) is 31.6 Å². The molecule has 3 aromatic carbocycles. The van der Waals surface area contributed by atoms with Crippen molar-refractivity contribution in [2.75, 3.05) is 21.0 Å². The number of carbonyl (C=O) groups excluding carboxylic acids is 1. The Hall–Kier alpha value is -3.77. The molecule has 0 amide bonds. The summed E-state index contributed by atoms with van der Waals surface area (Å²) in [5, 5.41) is 0. The SMILES string of the molecule is COc1ccc(OC)c(/C=C2\Oc3c4c(cc(C)c3C2=O)OCN(Cc2ccc(C)cc2)C4)c1. The van der Waals surface area contributed by atoms with Crippen LogP contribution in [0.25, 0.3) is 6.08 Å². The molecule has 34 heavy (non-hydrogen) atoms. The van der Waals surface area contributed by atoms with E-state index >= 15 is 0 Å². The number of nitrogens with zero attached hydrogens (tertiary/aromatic N) is 1. The molecule has 2 heterocycles. The Balaban J connectivity index is 1.47. The van der Waals surface area contributed by atoms with Crippen LogP contribution in [-0.2, 0) is 13.1 Å². The second-order valence-corrected chi connectivity index (χ2v) is 8.67. The molecular formula is C28H27NO5. The normalized spacial score (nSPS) is 16.0. The molecule has 6 nitrogen and oxygen atoms in total. The molecule has 0 fully saturated rings. The Labute approximate surface area is 199 Å². The lowest BCUT2D eigenvalue weighted by Gasteiger charge is -2.30. The van der Waals surface area contributed by atoms with E-state index in [9.17, 15) is 4.79 Å². The lowest BCUT2D eigenvalue weighted by atomic mass is 9.98. The van der Waals surface area contributed by atoms with Gasteiger partial charge >= 0.3 is 0 Å². The maximum atomic E-state index is 13.3. The molecule has 0 saturated carbocycles. The molecule has 0 saturated heterocycles. The Morgan fingerprint density at radius 3 is 2.56 bits per heavy atom. The zero-order chi connectivity index (χ0) is 23.8. The van der Waals surface area contributed by atoms with Gasteiger partial charge in [0, 0.05) is 18.7 Å². The lowest BCUT2D eigenvalue weighted by molar-refractivity contribution is 0.0872. The zero-order valence-corrected chi connectivity index (χ0v) is 19.8. The molecule has 0 aliphatic carbocycles. The van der Waals surface area contributed by atoms with E-state index in [-0.39, 0.29) is 11.5 Å². The summed E-state index contributed by atoms with van der Waals surface area (Å²) in [4.78, 5) is 15.5. The van der Waals surface area contributed by atoms with Gasteiger partial charge in [0.15, 0.2) is 5.76 Å². The number of Topliss-reactive ketones (excluding diaryl/α,β-unsaturated/α-hetero) is 1. The van der Waals surface area contributed by atoms with Crippen LogP contribution >= 0.6 is 0 Å². The van der Waals surface area contributed by atoms with Crippen molar-refractivity contribution in [2.24, 2.45) is 0 Å². The topological polar surface area (TPSA) is 57.2 Å². The maximum absolute atomic E-state index is 13.3. The summed E-state index contributed by atoms with van der Waals surface area (Å²) in [5.74, 6) is 2.77. The number of hydrogen-bond donors (Lipinski definition) is 0. The Kier molecular flexibility index (Phi) is 5.75. The third-order valence-corrected chi connectivity index (χ3v) is 6.24. The molecule has 0 unspecified atom stereocenters. The lowest BCUT2D eigenvalue weighted by Crippen LogP contribution is -2.31. The molecule has 0 bridgehead atoms. The summed E-state index contributed by atoms with van der Waals surface area (Å²) < 4.78 is 23.1. The number of rotatable bonds is 5. The number of allylic oxidation sites excluding steroid dienone is 1. The van der Waals surface area contributed by atoms with E-state index in [1.165, 1.54) is 11.1 Å². The fraction of sp³-hybridized carbons (Fsp3) is 0.250. The summed E-state index contributed by atoms with van der Waals surface area (Å²) in [5.41, 5.74) is 5.48. The van der Waals surface area contributed by atoms with Crippen LogP contribution in [0.3, 0.4) is 0 Å². The number of methoxy groups -OCH3 is 2. The first-order valence-corrected chi connectivity index (χ1v) is 11.2. The highest BCUT2D eigenvalue weighted by Crippen LogP contribution is 2.44. The third-order valence-electron chi connectivity index (χ3n) is 6.24. The standard InChI is InChI=1S/C28H27NO5/c1-17-5-7-19(8-6-17)14-29-15-22-24(33-16-29)11-18(2)26-27(30)25(34-28(22)26)13-20-12-21(31-3)9-10-23(20)32-4/h5-13H,14-16H2,1-4H3/b25-13-. The first kappa shape index (κ1) is 22.0. The minimum atomic E-state index is -0.143. The first-order chi connectivity index (χ1) is 16.5. The Morgan fingerprint density at radius 2 is 1.82 bits per heavy atom. The third kappa shape index (κ3) is 4.01. The van der Waals surface area contributed by atoms with E-state index < -0.39 is 0 Å². The average Bonchev–Trinajstić information content (AvgIpc) is 3.17.